The molecule has 3 aromatic rings. The molecule has 2 amide bonds. The van der Waals surface area contributed by atoms with Gasteiger partial charge >= 0.3 is 0 Å². The van der Waals surface area contributed by atoms with Gasteiger partial charge in [-0.05, 0) is 55.7 Å². The molecule has 0 fully saturated rings. The van der Waals surface area contributed by atoms with E-state index >= 15 is 0 Å². The van der Waals surface area contributed by atoms with Crippen molar-refractivity contribution in [2.24, 2.45) is 0 Å². The Morgan fingerprint density at radius 1 is 0.500 bits per heavy atom. The molecule has 3 nitrogen and oxygen atoms in total. The number of fused-ring (bicyclic) bond motifs is 1. The molecule has 1 heterocycles. The van der Waals surface area contributed by atoms with Gasteiger partial charge in [-0.3, -0.25) is 14.5 Å². The minimum Gasteiger partial charge on any atom is -0.274 e. The fourth-order valence-corrected chi connectivity index (χ4v) is 7.51. The molecule has 0 aliphatic carbocycles. The second kappa shape index (κ2) is 12.6. The molecule has 0 spiro atoms. The molecule has 0 saturated carbocycles. The summed E-state index contributed by atoms with van der Waals surface area (Å²) < 4.78 is 0. The lowest BCUT2D eigenvalue weighted by Gasteiger charge is -2.13. The van der Waals surface area contributed by atoms with E-state index in [2.05, 4.69) is 60.7 Å². The number of rotatable bonds is 13. The summed E-state index contributed by atoms with van der Waals surface area (Å²) in [5.74, 6) is -0.264. The van der Waals surface area contributed by atoms with Crippen LogP contribution in [0.3, 0.4) is 0 Å². The van der Waals surface area contributed by atoms with Crippen molar-refractivity contribution in [1.82, 2.24) is 4.90 Å². The van der Waals surface area contributed by atoms with Crippen LogP contribution in [0.5, 0.6) is 0 Å². The Bertz CT molecular complexity index is 993. The van der Waals surface area contributed by atoms with Crippen molar-refractivity contribution >= 4 is 30.3 Å². The van der Waals surface area contributed by atoms with Crippen LogP contribution in [0.25, 0.3) is 0 Å². The molecule has 34 heavy (non-hydrogen) atoms. The fourth-order valence-electron chi connectivity index (χ4n) is 4.81. The Labute approximate surface area is 205 Å². The molecule has 0 bridgehead atoms. The Balaban J connectivity index is 1.09. The third kappa shape index (κ3) is 6.21. The summed E-state index contributed by atoms with van der Waals surface area (Å²) in [5.41, 5.74) is 1.10. The molecule has 176 valence electrons. The minimum atomic E-state index is -0.700. The third-order valence-electron chi connectivity index (χ3n) is 6.68. The summed E-state index contributed by atoms with van der Waals surface area (Å²) in [7, 11) is -0.700. The topological polar surface area (TPSA) is 37.4 Å². The summed E-state index contributed by atoms with van der Waals surface area (Å²) in [6.07, 6.45) is 10.8. The first-order chi connectivity index (χ1) is 16.8. The molecule has 1 aliphatic rings. The van der Waals surface area contributed by atoms with Crippen LogP contribution in [0.15, 0.2) is 84.9 Å². The van der Waals surface area contributed by atoms with Gasteiger partial charge in [-0.1, -0.05) is 80.6 Å². The van der Waals surface area contributed by atoms with Crippen molar-refractivity contribution < 1.29 is 9.59 Å². The maximum atomic E-state index is 12.4. The Kier molecular flexibility index (Phi) is 9.04. The van der Waals surface area contributed by atoms with E-state index in [0.29, 0.717) is 17.7 Å². The molecule has 0 N–H and O–H groups in total. The van der Waals surface area contributed by atoms with E-state index in [-0.39, 0.29) is 11.8 Å². The zero-order chi connectivity index (χ0) is 23.6. The van der Waals surface area contributed by atoms with Gasteiger partial charge in [0.1, 0.15) is 0 Å². The van der Waals surface area contributed by atoms with Crippen LogP contribution in [-0.4, -0.2) is 29.4 Å². The summed E-state index contributed by atoms with van der Waals surface area (Å²) in [5, 5.41) is 3.02. The summed E-state index contributed by atoms with van der Waals surface area (Å²) in [6.45, 7) is 0.538. The van der Waals surface area contributed by atoms with Gasteiger partial charge in [0.05, 0.1) is 35.8 Å². The van der Waals surface area contributed by atoms with Crippen LogP contribution in [0.1, 0.15) is 72.1 Å². The lowest BCUT2D eigenvalue weighted by Crippen LogP contribution is -2.30. The average Bonchev–Trinajstić information content (AvgIpc) is 3.13. The first-order valence-electron chi connectivity index (χ1n) is 12.7. The van der Waals surface area contributed by atoms with E-state index < -0.39 is 7.92 Å². The molecule has 0 unspecified atom stereocenters. The van der Waals surface area contributed by atoms with Gasteiger partial charge in [-0.15, -0.1) is 0 Å². The predicted molar refractivity (Wildman–Crippen MR) is 144 cm³/mol. The van der Waals surface area contributed by atoms with Crippen molar-refractivity contribution in [1.29, 1.82) is 0 Å². The Morgan fingerprint density at radius 2 is 0.912 bits per heavy atom. The number of carbonyl (C=O) groups is 2. The summed E-state index contributed by atoms with van der Waals surface area (Å²) in [4.78, 5) is 26.2. The number of carbonyl (C=O) groups excluding carboxylic acids is 2. The second-order valence-corrected chi connectivity index (χ2v) is 11.7. The quantitative estimate of drug-likeness (QED) is 0.167. The highest BCUT2D eigenvalue weighted by atomic mass is 31.1. The van der Waals surface area contributed by atoms with Crippen molar-refractivity contribution in [2.45, 2.75) is 51.4 Å². The Morgan fingerprint density at radius 3 is 1.41 bits per heavy atom. The van der Waals surface area contributed by atoms with Crippen molar-refractivity contribution in [3.8, 4) is 0 Å². The monoisotopic (exact) mass is 472 g/mol. The molecular formula is C30H35NO2P+. The minimum absolute atomic E-state index is 0.132. The molecular weight excluding hydrogens is 437 g/mol. The van der Waals surface area contributed by atoms with Crippen LogP contribution in [-0.2, 0) is 0 Å². The zero-order valence-electron chi connectivity index (χ0n) is 19.9. The summed E-state index contributed by atoms with van der Waals surface area (Å²) in [6, 6.07) is 29.2. The smallest absolute Gasteiger partial charge is 0.261 e. The maximum Gasteiger partial charge on any atom is 0.261 e. The SMILES string of the molecule is O=C1c2ccccc2C(=O)N1CCCCCCCCCC[PH+](c1ccccc1)c1ccccc1. The molecule has 0 atom stereocenters. The molecule has 0 aromatic heterocycles. The first-order valence-corrected chi connectivity index (χ1v) is 14.4. The standard InChI is InChI=1S/C30H34NO2P/c32-29-27-21-13-14-22-28(27)30(33)31(29)23-15-5-3-1-2-4-6-16-24-34(25-17-9-7-10-18-25)26-19-11-8-12-20-26/h7-14,17-22H,1-6,15-16,23-24H2/p+1. The molecule has 0 saturated heterocycles. The number of imide groups is 1. The van der Waals surface area contributed by atoms with Gasteiger partial charge in [0, 0.05) is 6.54 Å². The highest BCUT2D eigenvalue weighted by molar-refractivity contribution is 7.73. The summed E-state index contributed by atoms with van der Waals surface area (Å²) >= 11 is 0. The van der Waals surface area contributed by atoms with Crippen LogP contribution in [0, 0.1) is 0 Å². The lowest BCUT2D eigenvalue weighted by atomic mass is 10.1. The number of nitrogens with zero attached hydrogens (tertiary/aromatic N) is 1. The number of hydrogen-bond donors (Lipinski definition) is 0. The first kappa shape index (κ1) is 24.4. The van der Waals surface area contributed by atoms with Crippen LogP contribution >= 0.6 is 7.92 Å². The van der Waals surface area contributed by atoms with Crippen molar-refractivity contribution in [3.63, 3.8) is 0 Å². The van der Waals surface area contributed by atoms with Gasteiger partial charge in [0.15, 0.2) is 0 Å². The van der Waals surface area contributed by atoms with E-state index in [0.717, 1.165) is 12.8 Å². The van der Waals surface area contributed by atoms with Gasteiger partial charge < -0.3 is 0 Å². The molecule has 1 aliphatic heterocycles. The van der Waals surface area contributed by atoms with Crippen LogP contribution in [0.4, 0.5) is 0 Å². The van der Waals surface area contributed by atoms with E-state index in [1.54, 1.807) is 12.1 Å². The zero-order valence-corrected chi connectivity index (χ0v) is 20.9. The molecule has 3 aromatic carbocycles. The van der Waals surface area contributed by atoms with Gasteiger partial charge in [0.25, 0.3) is 11.8 Å². The highest BCUT2D eigenvalue weighted by Gasteiger charge is 2.34. The highest BCUT2D eigenvalue weighted by Crippen LogP contribution is 2.34. The van der Waals surface area contributed by atoms with Gasteiger partial charge in [-0.2, -0.15) is 0 Å². The normalized spacial score (nSPS) is 13.0. The van der Waals surface area contributed by atoms with Crippen molar-refractivity contribution in [3.05, 3.63) is 96.1 Å². The van der Waals surface area contributed by atoms with Crippen molar-refractivity contribution in [2.75, 3.05) is 12.7 Å². The van der Waals surface area contributed by atoms with E-state index in [9.17, 15) is 9.59 Å². The van der Waals surface area contributed by atoms with Gasteiger partial charge in [-0.25, -0.2) is 0 Å². The molecule has 4 heteroatoms. The van der Waals surface area contributed by atoms with Crippen LogP contribution < -0.4 is 10.6 Å². The predicted octanol–water partition coefficient (Wildman–Crippen LogP) is 6.27. The van der Waals surface area contributed by atoms with E-state index in [4.69, 9.17) is 0 Å². The number of amides is 2. The van der Waals surface area contributed by atoms with E-state index in [1.165, 1.54) is 60.2 Å². The molecule has 4 rings (SSSR count). The molecule has 0 radical (unpaired) electrons. The Hall–Kier alpha value is -2.77. The maximum absolute atomic E-state index is 12.4. The third-order valence-corrected chi connectivity index (χ3v) is 9.60. The number of benzene rings is 3. The second-order valence-electron chi connectivity index (χ2n) is 9.10. The van der Waals surface area contributed by atoms with Gasteiger partial charge in [0.2, 0.25) is 0 Å². The average molecular weight is 473 g/mol. The van der Waals surface area contributed by atoms with Crippen LogP contribution in [0.2, 0.25) is 0 Å². The number of unbranched alkanes of at least 4 members (excludes halogenated alkanes) is 7. The fraction of sp³-hybridized carbons (Fsp3) is 0.333. The van der Waals surface area contributed by atoms with E-state index in [1.807, 2.05) is 12.1 Å². The number of hydrogen-bond acceptors (Lipinski definition) is 2. The largest absolute Gasteiger partial charge is 0.274 e. The lowest BCUT2D eigenvalue weighted by molar-refractivity contribution is 0.0651.